The number of carbonyl (C=O) groups excluding carboxylic acids is 1. The Hall–Kier alpha value is -2.73. The molecule has 2 aliphatic rings. The average molecular weight is 389 g/mol. The molecule has 2 aliphatic carbocycles. The molecule has 2 aromatic rings. The van der Waals surface area contributed by atoms with Gasteiger partial charge >= 0.3 is 0 Å². The van der Waals surface area contributed by atoms with E-state index in [1.807, 2.05) is 36.4 Å². The summed E-state index contributed by atoms with van der Waals surface area (Å²) in [5.41, 5.74) is 1.56. The van der Waals surface area contributed by atoms with Gasteiger partial charge in [-0.2, -0.15) is 0 Å². The van der Waals surface area contributed by atoms with Crippen LogP contribution in [0.25, 0.3) is 0 Å². The van der Waals surface area contributed by atoms with Crippen LogP contribution in [0, 0.1) is 11.8 Å². The lowest BCUT2D eigenvalue weighted by atomic mass is 9.69. The highest BCUT2D eigenvalue weighted by Crippen LogP contribution is 2.42. The first-order valence-corrected chi connectivity index (χ1v) is 10.6. The minimum absolute atomic E-state index is 0.249. The maximum atomic E-state index is 12.4. The van der Waals surface area contributed by atoms with Gasteiger partial charge in [0.15, 0.2) is 11.5 Å². The van der Waals surface area contributed by atoms with Crippen LogP contribution in [0.5, 0.6) is 11.5 Å². The van der Waals surface area contributed by atoms with Gasteiger partial charge in [-0.1, -0.05) is 36.1 Å². The van der Waals surface area contributed by atoms with Gasteiger partial charge in [0.05, 0.1) is 18.6 Å². The second kappa shape index (κ2) is 8.74. The molecule has 0 saturated heterocycles. The van der Waals surface area contributed by atoms with Gasteiger partial charge in [-0.25, -0.2) is 0 Å². The van der Waals surface area contributed by atoms with E-state index in [2.05, 4.69) is 24.0 Å². The Morgan fingerprint density at radius 1 is 1.00 bits per heavy atom. The molecule has 4 rings (SSSR count). The fourth-order valence-corrected chi connectivity index (χ4v) is 4.49. The number of Topliss-reactive ketones (excluding diaryl/α,β-unsaturated/α-hetero) is 1. The fourth-order valence-electron chi connectivity index (χ4n) is 4.49. The van der Waals surface area contributed by atoms with Crippen molar-refractivity contribution in [1.82, 2.24) is 0 Å². The predicted molar refractivity (Wildman–Crippen MR) is 114 cm³/mol. The van der Waals surface area contributed by atoms with Crippen LogP contribution in [0.15, 0.2) is 48.5 Å². The van der Waals surface area contributed by atoms with Crippen molar-refractivity contribution in [2.75, 3.05) is 7.11 Å². The third kappa shape index (κ3) is 4.48. The third-order valence-electron chi connectivity index (χ3n) is 6.09. The Kier molecular flexibility index (Phi) is 5.90. The first-order valence-electron chi connectivity index (χ1n) is 10.6. The summed E-state index contributed by atoms with van der Waals surface area (Å²) >= 11 is 0. The Labute approximate surface area is 173 Å². The lowest BCUT2D eigenvalue weighted by Gasteiger charge is -2.33. The summed E-state index contributed by atoms with van der Waals surface area (Å²) in [6.45, 7) is 0. The van der Waals surface area contributed by atoms with Gasteiger partial charge in [-0.15, -0.1) is 0 Å². The van der Waals surface area contributed by atoms with E-state index in [9.17, 15) is 4.79 Å². The van der Waals surface area contributed by atoms with E-state index in [-0.39, 0.29) is 11.9 Å². The molecule has 29 heavy (non-hydrogen) atoms. The number of rotatable bonds is 4. The Morgan fingerprint density at radius 2 is 1.79 bits per heavy atom. The monoisotopic (exact) mass is 388 g/mol. The van der Waals surface area contributed by atoms with Crippen molar-refractivity contribution >= 4 is 5.78 Å². The van der Waals surface area contributed by atoms with Crippen LogP contribution < -0.4 is 9.47 Å². The van der Waals surface area contributed by atoms with E-state index in [4.69, 9.17) is 9.47 Å². The first-order chi connectivity index (χ1) is 14.2. The molecule has 1 atom stereocenters. The second-order valence-corrected chi connectivity index (χ2v) is 8.16. The molecule has 0 radical (unpaired) electrons. The van der Waals surface area contributed by atoms with Gasteiger partial charge in [0.25, 0.3) is 0 Å². The summed E-state index contributed by atoms with van der Waals surface area (Å²) in [4.78, 5) is 12.4. The van der Waals surface area contributed by atoms with E-state index in [0.717, 1.165) is 48.3 Å². The molecule has 3 heteroatoms. The number of ketones is 1. The van der Waals surface area contributed by atoms with Gasteiger partial charge in [0.1, 0.15) is 5.78 Å². The molecule has 0 amide bonds. The van der Waals surface area contributed by atoms with Crippen LogP contribution in [0.3, 0.4) is 0 Å². The van der Waals surface area contributed by atoms with Crippen molar-refractivity contribution in [2.24, 2.45) is 0 Å². The number of hydrogen-bond donors (Lipinski definition) is 0. The second-order valence-electron chi connectivity index (χ2n) is 8.16. The van der Waals surface area contributed by atoms with E-state index >= 15 is 0 Å². The maximum Gasteiger partial charge on any atom is 0.161 e. The minimum atomic E-state index is -0.467. The van der Waals surface area contributed by atoms with Crippen molar-refractivity contribution < 1.29 is 14.3 Å². The summed E-state index contributed by atoms with van der Waals surface area (Å²) in [5, 5.41) is 0. The Bertz CT molecular complexity index is 916. The molecule has 0 bridgehead atoms. The Morgan fingerprint density at radius 3 is 2.52 bits per heavy atom. The number of ether oxygens (including phenoxy) is 2. The van der Waals surface area contributed by atoms with Crippen LogP contribution in [0.4, 0.5) is 0 Å². The van der Waals surface area contributed by atoms with E-state index in [1.165, 1.54) is 12.8 Å². The standard InChI is InChI=1S/C26H28O3/c1-28-24-14-13-21(18-25(24)29-23-11-5-6-12-23)26(16-7-10-22(27)19-26)17-15-20-8-3-2-4-9-20/h2-4,8-9,13-14,18,23H,5-7,10-12,16,19H2,1H3. The van der Waals surface area contributed by atoms with Crippen molar-refractivity contribution in [3.8, 4) is 23.3 Å². The zero-order valence-electron chi connectivity index (χ0n) is 17.1. The largest absolute Gasteiger partial charge is 0.493 e. The summed E-state index contributed by atoms with van der Waals surface area (Å²) in [5.74, 6) is 8.61. The molecule has 2 aromatic carbocycles. The highest BCUT2D eigenvalue weighted by Gasteiger charge is 2.37. The smallest absolute Gasteiger partial charge is 0.161 e. The highest BCUT2D eigenvalue weighted by atomic mass is 16.5. The molecule has 0 spiro atoms. The van der Waals surface area contributed by atoms with Crippen molar-refractivity contribution in [3.05, 3.63) is 59.7 Å². The van der Waals surface area contributed by atoms with E-state index in [1.54, 1.807) is 7.11 Å². The van der Waals surface area contributed by atoms with Crippen LogP contribution in [0.2, 0.25) is 0 Å². The van der Waals surface area contributed by atoms with Crippen LogP contribution in [-0.4, -0.2) is 19.0 Å². The molecule has 150 valence electrons. The van der Waals surface area contributed by atoms with E-state index in [0.29, 0.717) is 12.8 Å². The van der Waals surface area contributed by atoms with Crippen molar-refractivity contribution in [2.45, 2.75) is 62.9 Å². The number of benzene rings is 2. The van der Waals surface area contributed by atoms with Crippen molar-refractivity contribution in [3.63, 3.8) is 0 Å². The van der Waals surface area contributed by atoms with Gasteiger partial charge in [-0.3, -0.25) is 4.79 Å². The third-order valence-corrected chi connectivity index (χ3v) is 6.09. The highest BCUT2D eigenvalue weighted by molar-refractivity contribution is 5.82. The maximum absolute atomic E-state index is 12.4. The zero-order valence-corrected chi connectivity index (χ0v) is 17.1. The van der Waals surface area contributed by atoms with Crippen LogP contribution >= 0.6 is 0 Å². The molecule has 3 nitrogen and oxygen atoms in total. The average Bonchev–Trinajstić information content (AvgIpc) is 3.26. The molecule has 0 aromatic heterocycles. The molecular formula is C26H28O3. The fraction of sp³-hybridized carbons (Fsp3) is 0.423. The lowest BCUT2D eigenvalue weighted by molar-refractivity contribution is -0.121. The van der Waals surface area contributed by atoms with Crippen LogP contribution in [0.1, 0.15) is 62.5 Å². The molecule has 2 saturated carbocycles. The number of carbonyl (C=O) groups is 1. The summed E-state index contributed by atoms with van der Waals surface area (Å²) < 4.78 is 11.9. The van der Waals surface area contributed by atoms with Gasteiger partial charge in [0.2, 0.25) is 0 Å². The van der Waals surface area contributed by atoms with Gasteiger partial charge < -0.3 is 9.47 Å². The Balaban J connectivity index is 1.72. The first kappa shape index (κ1) is 19.6. The number of methoxy groups -OCH3 is 1. The summed E-state index contributed by atoms with van der Waals surface area (Å²) in [6, 6.07) is 16.1. The normalized spacial score (nSPS) is 22.0. The molecule has 2 fully saturated rings. The summed E-state index contributed by atoms with van der Waals surface area (Å²) in [6.07, 6.45) is 7.72. The van der Waals surface area contributed by atoms with Gasteiger partial charge in [-0.05, 0) is 68.4 Å². The SMILES string of the molecule is COc1ccc(C2(C#Cc3ccccc3)CCCC(=O)C2)cc1OC1CCCC1. The quantitative estimate of drug-likeness (QED) is 0.654. The molecule has 0 aliphatic heterocycles. The summed E-state index contributed by atoms with van der Waals surface area (Å²) in [7, 11) is 1.67. The zero-order chi connectivity index (χ0) is 20.1. The predicted octanol–water partition coefficient (Wildman–Crippen LogP) is 5.45. The van der Waals surface area contributed by atoms with Crippen molar-refractivity contribution in [1.29, 1.82) is 0 Å². The topological polar surface area (TPSA) is 35.5 Å². The molecule has 1 unspecified atom stereocenters. The minimum Gasteiger partial charge on any atom is -0.493 e. The lowest BCUT2D eigenvalue weighted by Crippen LogP contribution is -2.32. The number of hydrogen-bond acceptors (Lipinski definition) is 3. The van der Waals surface area contributed by atoms with E-state index < -0.39 is 5.41 Å². The molecular weight excluding hydrogens is 360 g/mol. The van der Waals surface area contributed by atoms with Crippen LogP contribution in [-0.2, 0) is 10.2 Å². The molecule has 0 heterocycles. The van der Waals surface area contributed by atoms with Gasteiger partial charge in [0, 0.05) is 18.4 Å². The molecule has 0 N–H and O–H groups in total.